The first kappa shape index (κ1) is 8.70. The molecule has 0 atom stereocenters. The van der Waals surface area contributed by atoms with Crippen molar-refractivity contribution < 1.29 is 14.4 Å². The van der Waals surface area contributed by atoms with E-state index in [1.54, 1.807) is 0 Å². The minimum atomic E-state index is -1.20. The third-order valence-electron chi connectivity index (χ3n) is 1.46. The van der Waals surface area contributed by atoms with E-state index in [1.165, 1.54) is 6.07 Å². The molecule has 1 heterocycles. The molecule has 0 unspecified atom stereocenters. The molecule has 12 heavy (non-hydrogen) atoms. The van der Waals surface area contributed by atoms with E-state index in [1.807, 2.05) is 6.92 Å². The van der Waals surface area contributed by atoms with Gasteiger partial charge in [-0.3, -0.25) is 0 Å². The zero-order chi connectivity index (χ0) is 9.14. The Bertz CT molecular complexity index is 296. The lowest BCUT2D eigenvalue weighted by atomic mass is 10.2. The molecule has 0 aliphatic rings. The second kappa shape index (κ2) is 3.34. The predicted octanol–water partition coefficient (Wildman–Crippen LogP) is 1.27. The standard InChI is InChI=1S/C7H9FN2O2/c1-2-3-5-4-6(7(11)12)9-10(5)8/h4H,2-3H2,1H3,(H,11,12). The first-order valence-electron chi connectivity index (χ1n) is 3.63. The SMILES string of the molecule is CCCc1cc(C(=O)O)nn1F. The summed E-state index contributed by atoms with van der Waals surface area (Å²) in [6.45, 7) is 1.88. The van der Waals surface area contributed by atoms with Crippen molar-refractivity contribution in [1.29, 1.82) is 0 Å². The highest BCUT2D eigenvalue weighted by molar-refractivity contribution is 5.85. The van der Waals surface area contributed by atoms with Crippen LogP contribution >= 0.6 is 0 Å². The van der Waals surface area contributed by atoms with Crippen LogP contribution in [0.3, 0.4) is 0 Å². The monoisotopic (exact) mass is 172 g/mol. The lowest BCUT2D eigenvalue weighted by molar-refractivity contribution is 0.0687. The molecule has 0 saturated carbocycles. The number of rotatable bonds is 3. The quantitative estimate of drug-likeness (QED) is 0.746. The molecule has 5 heteroatoms. The summed E-state index contributed by atoms with van der Waals surface area (Å²) in [6.07, 6.45) is 1.26. The highest BCUT2D eigenvalue weighted by atomic mass is 19.2. The highest BCUT2D eigenvalue weighted by Crippen LogP contribution is 2.06. The molecule has 1 rings (SSSR count). The van der Waals surface area contributed by atoms with Gasteiger partial charge in [-0.15, -0.1) is 5.10 Å². The fourth-order valence-electron chi connectivity index (χ4n) is 0.924. The number of nitrogens with zero attached hydrogens (tertiary/aromatic N) is 2. The van der Waals surface area contributed by atoms with Crippen molar-refractivity contribution in [3.63, 3.8) is 0 Å². The van der Waals surface area contributed by atoms with Crippen molar-refractivity contribution in [3.8, 4) is 0 Å². The lowest BCUT2D eigenvalue weighted by Gasteiger charge is -1.91. The van der Waals surface area contributed by atoms with E-state index >= 15 is 0 Å². The normalized spacial score (nSPS) is 10.2. The van der Waals surface area contributed by atoms with Crippen LogP contribution in [0.4, 0.5) is 4.48 Å². The van der Waals surface area contributed by atoms with Gasteiger partial charge in [0.15, 0.2) is 5.69 Å². The van der Waals surface area contributed by atoms with Gasteiger partial charge >= 0.3 is 5.97 Å². The summed E-state index contributed by atoms with van der Waals surface area (Å²) in [5.41, 5.74) is 0.0517. The number of hydrogen-bond donors (Lipinski definition) is 1. The van der Waals surface area contributed by atoms with Gasteiger partial charge in [0, 0.05) is 0 Å². The second-order valence-electron chi connectivity index (χ2n) is 2.44. The molecule has 1 aromatic rings. The number of carbonyl (C=O) groups is 1. The van der Waals surface area contributed by atoms with Crippen LogP contribution in [0.1, 0.15) is 29.5 Å². The van der Waals surface area contributed by atoms with Crippen molar-refractivity contribution in [2.45, 2.75) is 19.8 Å². The van der Waals surface area contributed by atoms with E-state index in [9.17, 15) is 9.28 Å². The van der Waals surface area contributed by atoms with E-state index in [2.05, 4.69) is 5.10 Å². The smallest absolute Gasteiger partial charge is 0.356 e. The Kier molecular flexibility index (Phi) is 2.42. The van der Waals surface area contributed by atoms with Gasteiger partial charge in [-0.2, -0.15) is 0 Å². The van der Waals surface area contributed by atoms with E-state index in [-0.39, 0.29) is 10.6 Å². The van der Waals surface area contributed by atoms with Crippen molar-refractivity contribution in [2.24, 2.45) is 0 Å². The average molecular weight is 172 g/mol. The number of aromatic nitrogens is 2. The van der Waals surface area contributed by atoms with Gasteiger partial charge in [-0.05, 0) is 12.5 Å². The third-order valence-corrected chi connectivity index (χ3v) is 1.46. The van der Waals surface area contributed by atoms with Crippen molar-refractivity contribution >= 4 is 5.97 Å². The van der Waals surface area contributed by atoms with Crippen LogP contribution in [0, 0.1) is 0 Å². The summed E-state index contributed by atoms with van der Waals surface area (Å²) in [7, 11) is 0. The molecular weight excluding hydrogens is 163 g/mol. The Morgan fingerprint density at radius 1 is 1.83 bits per heavy atom. The zero-order valence-electron chi connectivity index (χ0n) is 6.62. The number of carboxylic acids is 1. The molecule has 0 aromatic carbocycles. The molecule has 0 aliphatic heterocycles. The Labute approximate surface area is 68.6 Å². The Morgan fingerprint density at radius 2 is 2.50 bits per heavy atom. The maximum atomic E-state index is 12.7. The first-order chi connectivity index (χ1) is 5.65. The topological polar surface area (TPSA) is 55.1 Å². The highest BCUT2D eigenvalue weighted by Gasteiger charge is 2.11. The average Bonchev–Trinajstić information content (AvgIpc) is 2.34. The summed E-state index contributed by atoms with van der Waals surface area (Å²) in [5.74, 6) is -1.20. The fraction of sp³-hybridized carbons (Fsp3) is 0.429. The molecule has 0 saturated heterocycles. The van der Waals surface area contributed by atoms with Crippen LogP contribution in [0.15, 0.2) is 6.07 Å². The molecule has 0 bridgehead atoms. The van der Waals surface area contributed by atoms with Gasteiger partial charge in [-0.25, -0.2) is 4.79 Å². The summed E-state index contributed by atoms with van der Waals surface area (Å²) < 4.78 is 12.7. The van der Waals surface area contributed by atoms with E-state index in [0.717, 1.165) is 6.42 Å². The first-order valence-corrected chi connectivity index (χ1v) is 3.63. The maximum Gasteiger partial charge on any atom is 0.356 e. The van der Waals surface area contributed by atoms with Crippen molar-refractivity contribution in [3.05, 3.63) is 17.5 Å². The number of aromatic carboxylic acids is 1. The molecule has 1 N–H and O–H groups in total. The van der Waals surface area contributed by atoms with Gasteiger partial charge in [0.05, 0.1) is 5.69 Å². The molecule has 0 amide bonds. The molecule has 1 aromatic heterocycles. The molecule has 66 valence electrons. The summed E-state index contributed by atoms with van der Waals surface area (Å²) in [5, 5.41) is 11.6. The van der Waals surface area contributed by atoms with Crippen LogP contribution in [0.5, 0.6) is 0 Å². The minimum absolute atomic E-state index is 0.118. The largest absolute Gasteiger partial charge is 0.476 e. The van der Waals surface area contributed by atoms with Gasteiger partial charge in [0.25, 0.3) is 0 Å². The van der Waals surface area contributed by atoms with Crippen LogP contribution in [-0.4, -0.2) is 21.1 Å². The van der Waals surface area contributed by atoms with E-state index < -0.39 is 5.97 Å². The van der Waals surface area contributed by atoms with Crippen molar-refractivity contribution in [1.82, 2.24) is 10.0 Å². The molecule has 0 fully saturated rings. The minimum Gasteiger partial charge on any atom is -0.476 e. The Morgan fingerprint density at radius 3 is 2.92 bits per heavy atom. The van der Waals surface area contributed by atoms with Crippen molar-refractivity contribution in [2.75, 3.05) is 0 Å². The molecule has 4 nitrogen and oxygen atoms in total. The fourth-order valence-corrected chi connectivity index (χ4v) is 0.924. The molecule has 0 spiro atoms. The Balaban J connectivity index is 2.92. The van der Waals surface area contributed by atoms with Crippen LogP contribution in [0.2, 0.25) is 0 Å². The molecule has 0 radical (unpaired) electrons. The van der Waals surface area contributed by atoms with Gasteiger partial charge < -0.3 is 5.11 Å². The summed E-state index contributed by atoms with van der Waals surface area (Å²) in [4.78, 5) is 10.4. The van der Waals surface area contributed by atoms with Crippen LogP contribution in [-0.2, 0) is 6.42 Å². The van der Waals surface area contributed by atoms with Crippen LogP contribution in [0.25, 0.3) is 0 Å². The number of carboxylic acid groups (broad SMARTS) is 1. The van der Waals surface area contributed by atoms with Crippen LogP contribution < -0.4 is 0 Å². The maximum absolute atomic E-state index is 12.7. The van der Waals surface area contributed by atoms with E-state index in [0.29, 0.717) is 12.1 Å². The zero-order valence-corrected chi connectivity index (χ0v) is 6.62. The van der Waals surface area contributed by atoms with Gasteiger partial charge in [-0.1, -0.05) is 22.7 Å². The molecular formula is C7H9FN2O2. The number of halogens is 1. The molecule has 0 aliphatic carbocycles. The summed E-state index contributed by atoms with van der Waals surface area (Å²) >= 11 is 0. The second-order valence-corrected chi connectivity index (χ2v) is 2.44. The number of aryl methyl sites for hydroxylation is 1. The van der Waals surface area contributed by atoms with Gasteiger partial charge in [0.1, 0.15) is 0 Å². The van der Waals surface area contributed by atoms with Gasteiger partial charge in [0.2, 0.25) is 0 Å². The van der Waals surface area contributed by atoms with E-state index in [4.69, 9.17) is 5.11 Å². The Hall–Kier alpha value is -1.39. The number of hydrogen-bond acceptors (Lipinski definition) is 2. The predicted molar refractivity (Wildman–Crippen MR) is 39.7 cm³/mol. The lowest BCUT2D eigenvalue weighted by Crippen LogP contribution is -1.97. The summed E-state index contributed by atoms with van der Waals surface area (Å²) in [6, 6.07) is 1.24. The third kappa shape index (κ3) is 1.61.